The average Bonchev–Trinajstić information content (AvgIpc) is 2.73. The number of likely N-dealkylation sites (N-methyl/N-ethyl adjacent to an activating group) is 1. The maximum absolute atomic E-state index is 2.53. The Labute approximate surface area is 78.7 Å². The van der Waals surface area contributed by atoms with Crippen LogP contribution in [0.25, 0.3) is 0 Å². The third-order valence-electron chi connectivity index (χ3n) is 3.19. The molecule has 2 atom stereocenters. The smallest absolute Gasteiger partial charge is 0.0544 e. The highest BCUT2D eigenvalue weighted by Crippen LogP contribution is 2.47. The van der Waals surface area contributed by atoms with Crippen molar-refractivity contribution in [1.82, 2.24) is 4.90 Å². The standard InChI is InChI=1S/C12H13N/c1-2-13-11-7-8-12(13)10-6-4-3-5-9(10)11/h3-8,11-12H,2H2,1H3. The van der Waals surface area contributed by atoms with Gasteiger partial charge in [-0.15, -0.1) is 0 Å². The maximum atomic E-state index is 2.53. The summed E-state index contributed by atoms with van der Waals surface area (Å²) >= 11 is 0. The quantitative estimate of drug-likeness (QED) is 0.587. The molecule has 0 amide bonds. The van der Waals surface area contributed by atoms with E-state index in [4.69, 9.17) is 0 Å². The van der Waals surface area contributed by atoms with E-state index in [1.54, 1.807) is 0 Å². The van der Waals surface area contributed by atoms with Crippen LogP contribution < -0.4 is 0 Å². The summed E-state index contributed by atoms with van der Waals surface area (Å²) < 4.78 is 0. The van der Waals surface area contributed by atoms with Gasteiger partial charge >= 0.3 is 0 Å². The fraction of sp³-hybridized carbons (Fsp3) is 0.333. The molecule has 2 unspecified atom stereocenters. The largest absolute Gasteiger partial charge is 0.283 e. The Kier molecular flexibility index (Phi) is 1.39. The second kappa shape index (κ2) is 2.46. The van der Waals surface area contributed by atoms with Crippen molar-refractivity contribution in [2.75, 3.05) is 6.54 Å². The second-order valence-electron chi connectivity index (χ2n) is 3.73. The molecule has 2 bridgehead atoms. The van der Waals surface area contributed by atoms with Crippen molar-refractivity contribution >= 4 is 0 Å². The van der Waals surface area contributed by atoms with Crippen LogP contribution in [0.5, 0.6) is 0 Å². The fourth-order valence-electron chi connectivity index (χ4n) is 2.61. The molecule has 13 heavy (non-hydrogen) atoms. The van der Waals surface area contributed by atoms with E-state index < -0.39 is 0 Å². The molecule has 1 nitrogen and oxygen atoms in total. The lowest BCUT2D eigenvalue weighted by molar-refractivity contribution is 0.253. The van der Waals surface area contributed by atoms with Gasteiger partial charge in [0, 0.05) is 0 Å². The molecule has 0 radical (unpaired) electrons. The minimum absolute atomic E-state index is 0.561. The number of hydrogen-bond acceptors (Lipinski definition) is 1. The lowest BCUT2D eigenvalue weighted by Crippen LogP contribution is -2.19. The molecule has 0 saturated carbocycles. The van der Waals surface area contributed by atoms with Gasteiger partial charge in [0.15, 0.2) is 0 Å². The normalized spacial score (nSPS) is 29.6. The van der Waals surface area contributed by atoms with Crippen molar-refractivity contribution in [1.29, 1.82) is 0 Å². The zero-order chi connectivity index (χ0) is 8.84. The number of hydrogen-bond donors (Lipinski definition) is 0. The molecule has 1 aromatic carbocycles. The average molecular weight is 171 g/mol. The summed E-state index contributed by atoms with van der Waals surface area (Å²) in [4.78, 5) is 2.53. The number of benzene rings is 1. The van der Waals surface area contributed by atoms with E-state index in [0.717, 1.165) is 6.54 Å². The van der Waals surface area contributed by atoms with Crippen LogP contribution in [0.3, 0.4) is 0 Å². The van der Waals surface area contributed by atoms with Crippen LogP contribution in [-0.4, -0.2) is 11.4 Å². The summed E-state index contributed by atoms with van der Waals surface area (Å²) in [7, 11) is 0. The molecule has 0 aliphatic carbocycles. The summed E-state index contributed by atoms with van der Waals surface area (Å²) in [5.74, 6) is 0. The van der Waals surface area contributed by atoms with Crippen molar-refractivity contribution < 1.29 is 0 Å². The SMILES string of the molecule is CCN1C2C=CC1c1ccccc12. The Morgan fingerprint density at radius 3 is 2.08 bits per heavy atom. The van der Waals surface area contributed by atoms with Gasteiger partial charge in [-0.05, 0) is 17.7 Å². The highest BCUT2D eigenvalue weighted by Gasteiger charge is 2.38. The second-order valence-corrected chi connectivity index (χ2v) is 3.73. The van der Waals surface area contributed by atoms with Crippen LogP contribution >= 0.6 is 0 Å². The molecule has 0 spiro atoms. The topological polar surface area (TPSA) is 3.24 Å². The summed E-state index contributed by atoms with van der Waals surface area (Å²) in [5.41, 5.74) is 3.02. The van der Waals surface area contributed by atoms with Crippen LogP contribution in [0.4, 0.5) is 0 Å². The predicted molar refractivity (Wildman–Crippen MR) is 53.4 cm³/mol. The van der Waals surface area contributed by atoms with E-state index in [-0.39, 0.29) is 0 Å². The highest BCUT2D eigenvalue weighted by molar-refractivity contribution is 5.46. The highest BCUT2D eigenvalue weighted by atomic mass is 15.2. The molecule has 0 fully saturated rings. The minimum atomic E-state index is 0.561. The summed E-state index contributed by atoms with van der Waals surface area (Å²) in [6.45, 7) is 3.37. The Balaban J connectivity index is 2.15. The first-order chi connectivity index (χ1) is 6.42. The van der Waals surface area contributed by atoms with Gasteiger partial charge in [-0.1, -0.05) is 43.3 Å². The van der Waals surface area contributed by atoms with Gasteiger partial charge in [0.25, 0.3) is 0 Å². The Hall–Kier alpha value is -1.08. The Morgan fingerprint density at radius 1 is 1.08 bits per heavy atom. The summed E-state index contributed by atoms with van der Waals surface area (Å²) in [6.07, 6.45) is 4.66. The number of fused-ring (bicyclic) bond motifs is 5. The van der Waals surface area contributed by atoms with Crippen molar-refractivity contribution in [3.63, 3.8) is 0 Å². The Bertz CT molecular complexity index is 334. The molecule has 2 aliphatic rings. The number of nitrogens with zero attached hydrogens (tertiary/aromatic N) is 1. The van der Waals surface area contributed by atoms with E-state index in [9.17, 15) is 0 Å². The van der Waals surface area contributed by atoms with Gasteiger partial charge in [0.1, 0.15) is 0 Å². The first-order valence-corrected chi connectivity index (χ1v) is 4.94. The van der Waals surface area contributed by atoms with Crippen molar-refractivity contribution in [2.45, 2.75) is 19.0 Å². The van der Waals surface area contributed by atoms with Crippen LogP contribution in [0, 0.1) is 0 Å². The van der Waals surface area contributed by atoms with Crippen molar-refractivity contribution in [3.8, 4) is 0 Å². The van der Waals surface area contributed by atoms with E-state index in [2.05, 4.69) is 48.2 Å². The minimum Gasteiger partial charge on any atom is -0.283 e. The molecular formula is C12H13N. The Morgan fingerprint density at radius 2 is 1.62 bits per heavy atom. The van der Waals surface area contributed by atoms with Gasteiger partial charge in [-0.3, -0.25) is 4.90 Å². The third kappa shape index (κ3) is 0.802. The number of rotatable bonds is 1. The molecular weight excluding hydrogens is 158 g/mol. The monoisotopic (exact) mass is 171 g/mol. The van der Waals surface area contributed by atoms with Gasteiger partial charge < -0.3 is 0 Å². The summed E-state index contributed by atoms with van der Waals surface area (Å²) in [5, 5.41) is 0. The zero-order valence-corrected chi connectivity index (χ0v) is 7.77. The van der Waals surface area contributed by atoms with E-state index >= 15 is 0 Å². The zero-order valence-electron chi connectivity index (χ0n) is 7.77. The fourth-order valence-corrected chi connectivity index (χ4v) is 2.61. The van der Waals surface area contributed by atoms with Crippen LogP contribution in [0.15, 0.2) is 36.4 Å². The molecule has 0 aromatic heterocycles. The van der Waals surface area contributed by atoms with Crippen LogP contribution in [0.1, 0.15) is 30.1 Å². The van der Waals surface area contributed by atoms with Crippen molar-refractivity contribution in [2.24, 2.45) is 0 Å². The molecule has 66 valence electrons. The lowest BCUT2D eigenvalue weighted by atomic mass is 9.97. The molecule has 1 aromatic rings. The molecule has 0 N–H and O–H groups in total. The molecule has 2 heterocycles. The van der Waals surface area contributed by atoms with Crippen molar-refractivity contribution in [3.05, 3.63) is 47.5 Å². The molecule has 0 saturated heterocycles. The maximum Gasteiger partial charge on any atom is 0.0544 e. The third-order valence-corrected chi connectivity index (χ3v) is 3.19. The van der Waals surface area contributed by atoms with Gasteiger partial charge in [0.2, 0.25) is 0 Å². The van der Waals surface area contributed by atoms with E-state index in [0.29, 0.717) is 12.1 Å². The van der Waals surface area contributed by atoms with E-state index in [1.807, 2.05) is 0 Å². The van der Waals surface area contributed by atoms with E-state index in [1.165, 1.54) is 11.1 Å². The predicted octanol–water partition coefficient (Wildman–Crippen LogP) is 2.67. The lowest BCUT2D eigenvalue weighted by Gasteiger charge is -2.19. The first-order valence-electron chi connectivity index (χ1n) is 4.94. The molecule has 3 rings (SSSR count). The molecule has 2 aliphatic heterocycles. The summed E-state index contributed by atoms with van der Waals surface area (Å²) in [6, 6.07) is 9.91. The first kappa shape index (κ1) is 7.34. The van der Waals surface area contributed by atoms with Crippen LogP contribution in [0.2, 0.25) is 0 Å². The van der Waals surface area contributed by atoms with Gasteiger partial charge in [-0.25, -0.2) is 0 Å². The molecule has 1 heteroatoms. The van der Waals surface area contributed by atoms with Gasteiger partial charge in [-0.2, -0.15) is 0 Å². The van der Waals surface area contributed by atoms with Crippen LogP contribution in [-0.2, 0) is 0 Å². The van der Waals surface area contributed by atoms with Gasteiger partial charge in [0.05, 0.1) is 12.1 Å².